The smallest absolute Gasteiger partial charge is 0.255 e. The number of hydrogen-bond donors (Lipinski definition) is 1. The van der Waals surface area contributed by atoms with E-state index in [9.17, 15) is 14.4 Å². The third-order valence-electron chi connectivity index (χ3n) is 9.60. The van der Waals surface area contributed by atoms with Gasteiger partial charge in [0.25, 0.3) is 5.91 Å². The van der Waals surface area contributed by atoms with Gasteiger partial charge in [0.15, 0.2) is 0 Å². The van der Waals surface area contributed by atoms with E-state index in [0.29, 0.717) is 60.1 Å². The van der Waals surface area contributed by atoms with Crippen molar-refractivity contribution in [2.24, 2.45) is 5.92 Å². The molecule has 6 heterocycles. The van der Waals surface area contributed by atoms with Gasteiger partial charge in [-0.25, -0.2) is 14.4 Å². The van der Waals surface area contributed by atoms with Gasteiger partial charge >= 0.3 is 0 Å². The van der Waals surface area contributed by atoms with Crippen molar-refractivity contribution in [3.8, 4) is 5.75 Å². The molecule has 8 rings (SSSR count). The van der Waals surface area contributed by atoms with Crippen molar-refractivity contribution in [2.45, 2.75) is 57.0 Å². The van der Waals surface area contributed by atoms with Gasteiger partial charge in [-0.2, -0.15) is 0 Å². The predicted octanol–water partition coefficient (Wildman–Crippen LogP) is 2.41. The Morgan fingerprint density at radius 2 is 1.98 bits per heavy atom. The van der Waals surface area contributed by atoms with Crippen LogP contribution in [0.25, 0.3) is 10.9 Å². The Hall–Kier alpha value is -4.16. The minimum atomic E-state index is -0.645. The molecule has 1 N–H and O–H groups in total. The van der Waals surface area contributed by atoms with Crippen LogP contribution in [-0.4, -0.2) is 88.5 Å². The highest BCUT2D eigenvalue weighted by Crippen LogP contribution is 2.33. The maximum absolute atomic E-state index is 15.3. The molecule has 0 spiro atoms. The number of piperidine rings is 1. The molecule has 3 amide bonds. The fraction of sp³-hybridized carbons (Fsp3) is 0.469. The van der Waals surface area contributed by atoms with Gasteiger partial charge < -0.3 is 19.3 Å². The summed E-state index contributed by atoms with van der Waals surface area (Å²) in [7, 11) is 0. The highest BCUT2D eigenvalue weighted by molar-refractivity contribution is 6.05. The zero-order chi connectivity index (χ0) is 29.9. The Balaban J connectivity index is 0.894. The molecular formula is C32H33FN6O5. The number of carbonyl (C=O) groups excluding carboxylic acids is 3. The molecule has 0 radical (unpaired) electrons. The third kappa shape index (κ3) is 4.95. The van der Waals surface area contributed by atoms with E-state index in [-0.39, 0.29) is 36.3 Å². The number of benzene rings is 2. The van der Waals surface area contributed by atoms with E-state index in [1.165, 1.54) is 4.90 Å². The molecule has 1 aromatic heterocycles. The normalized spacial score (nSPS) is 26.9. The van der Waals surface area contributed by atoms with Crippen molar-refractivity contribution in [1.29, 1.82) is 0 Å². The first-order valence-corrected chi connectivity index (χ1v) is 15.4. The van der Waals surface area contributed by atoms with Gasteiger partial charge in [-0.1, -0.05) is 0 Å². The molecular weight excluding hydrogens is 567 g/mol. The summed E-state index contributed by atoms with van der Waals surface area (Å²) in [6.45, 7) is 4.80. The second-order valence-corrected chi connectivity index (χ2v) is 12.5. The number of amides is 3. The van der Waals surface area contributed by atoms with Crippen LogP contribution in [0.4, 0.5) is 10.3 Å². The summed E-state index contributed by atoms with van der Waals surface area (Å²) in [5, 5.41) is 3.02. The van der Waals surface area contributed by atoms with E-state index in [1.54, 1.807) is 24.4 Å². The minimum absolute atomic E-state index is 0.0449. The van der Waals surface area contributed by atoms with Crippen LogP contribution in [-0.2, 0) is 27.4 Å². The van der Waals surface area contributed by atoms with E-state index >= 15 is 4.39 Å². The Morgan fingerprint density at radius 3 is 2.84 bits per heavy atom. The van der Waals surface area contributed by atoms with Gasteiger partial charge in [-0.05, 0) is 60.7 Å². The Morgan fingerprint density at radius 1 is 1.07 bits per heavy atom. The van der Waals surface area contributed by atoms with Gasteiger partial charge in [0.2, 0.25) is 17.8 Å². The summed E-state index contributed by atoms with van der Waals surface area (Å²) in [6, 6.07) is 8.30. The maximum atomic E-state index is 15.3. The summed E-state index contributed by atoms with van der Waals surface area (Å²) < 4.78 is 27.4. The predicted molar refractivity (Wildman–Crippen MR) is 156 cm³/mol. The van der Waals surface area contributed by atoms with Crippen molar-refractivity contribution in [1.82, 2.24) is 25.1 Å². The number of anilines is 1. The average Bonchev–Trinajstić information content (AvgIpc) is 3.78. The summed E-state index contributed by atoms with van der Waals surface area (Å²) in [5.41, 5.74) is 2.57. The average molecular weight is 601 g/mol. The van der Waals surface area contributed by atoms with Crippen molar-refractivity contribution in [3.63, 3.8) is 0 Å². The van der Waals surface area contributed by atoms with Crippen LogP contribution in [0.15, 0.2) is 36.5 Å². The maximum Gasteiger partial charge on any atom is 0.255 e. The summed E-state index contributed by atoms with van der Waals surface area (Å²) in [4.78, 5) is 51.9. The lowest BCUT2D eigenvalue weighted by molar-refractivity contribution is -0.136. The van der Waals surface area contributed by atoms with Gasteiger partial charge in [0.1, 0.15) is 29.2 Å². The van der Waals surface area contributed by atoms with Crippen molar-refractivity contribution >= 4 is 34.6 Å². The first-order chi connectivity index (χ1) is 21.4. The minimum Gasteiger partial charge on any atom is -0.489 e. The number of aromatic nitrogens is 2. The molecule has 11 nitrogen and oxygen atoms in total. The topological polar surface area (TPSA) is 117 Å². The van der Waals surface area contributed by atoms with Crippen LogP contribution < -0.4 is 15.0 Å². The lowest BCUT2D eigenvalue weighted by atomic mass is 10.0. The van der Waals surface area contributed by atoms with Crippen LogP contribution >= 0.6 is 0 Å². The second-order valence-electron chi connectivity index (χ2n) is 12.5. The molecule has 44 heavy (non-hydrogen) atoms. The number of nitrogens with zero attached hydrogens (tertiary/aromatic N) is 5. The molecule has 4 atom stereocenters. The fourth-order valence-corrected chi connectivity index (χ4v) is 7.35. The molecule has 0 aliphatic carbocycles. The molecule has 228 valence electrons. The zero-order valence-electron chi connectivity index (χ0n) is 24.2. The molecule has 0 bridgehead atoms. The van der Waals surface area contributed by atoms with Gasteiger partial charge in [-0.3, -0.25) is 24.6 Å². The first kappa shape index (κ1) is 27.4. The molecule has 4 fully saturated rings. The Labute approximate surface area is 253 Å². The Bertz CT molecular complexity index is 1670. The first-order valence-electron chi connectivity index (χ1n) is 15.4. The summed E-state index contributed by atoms with van der Waals surface area (Å²) in [6.07, 6.45) is 4.31. The van der Waals surface area contributed by atoms with Crippen LogP contribution in [0.5, 0.6) is 5.75 Å². The van der Waals surface area contributed by atoms with Crippen LogP contribution in [0.3, 0.4) is 0 Å². The number of rotatable bonds is 6. The second kappa shape index (κ2) is 10.8. The molecule has 12 heteroatoms. The number of hydrogen-bond acceptors (Lipinski definition) is 9. The van der Waals surface area contributed by atoms with Crippen LogP contribution in [0, 0.1) is 11.7 Å². The standard InChI is InChI=1S/C32H33FN6O5/c33-25-10-18(9-20-12-34-32(36-29(20)25)38-14-19-6-8-43-27(19)17-38)13-37-7-5-23(16-37)44-22-1-2-24-21(11-22)15-39(31(24)42)26-3-4-28(40)35-30(26)41/h1-2,9-12,19,23,26-27H,3-8,13-17H2,(H,35,40,41)/t19-,23-,26-,27+/m0/s1. The fourth-order valence-electron chi connectivity index (χ4n) is 7.35. The Kier molecular flexibility index (Phi) is 6.71. The van der Waals surface area contributed by atoms with E-state index < -0.39 is 11.9 Å². The SMILES string of the molecule is O=C1CC[C@H](N2Cc3cc(O[C@H]4CCN(Cc5cc(F)c6nc(N7C[C@@H]8CCO[C@@H]8C7)ncc6c5)C4)ccc3C2=O)C(=O)N1. The quantitative estimate of drug-likeness (QED) is 0.426. The van der Waals surface area contributed by atoms with Gasteiger partial charge in [0.05, 0.1) is 6.10 Å². The van der Waals surface area contributed by atoms with E-state index in [1.807, 2.05) is 12.1 Å². The summed E-state index contributed by atoms with van der Waals surface area (Å²) in [5.74, 6) is 0.451. The monoisotopic (exact) mass is 600 g/mol. The molecule has 0 saturated carbocycles. The van der Waals surface area contributed by atoms with E-state index in [2.05, 4.69) is 25.1 Å². The number of halogens is 1. The van der Waals surface area contributed by atoms with Gasteiger partial charge in [0, 0.05) is 75.4 Å². The molecule has 3 aromatic rings. The number of nitrogens with one attached hydrogen (secondary N) is 1. The van der Waals surface area contributed by atoms with Gasteiger partial charge in [-0.15, -0.1) is 0 Å². The number of fused-ring (bicyclic) bond motifs is 3. The van der Waals surface area contributed by atoms with E-state index in [0.717, 1.165) is 50.2 Å². The number of imide groups is 1. The lowest BCUT2D eigenvalue weighted by Crippen LogP contribution is -2.52. The highest BCUT2D eigenvalue weighted by Gasteiger charge is 2.40. The summed E-state index contributed by atoms with van der Waals surface area (Å²) >= 11 is 0. The van der Waals surface area contributed by atoms with Crippen LogP contribution in [0.2, 0.25) is 0 Å². The molecule has 2 aromatic carbocycles. The highest BCUT2D eigenvalue weighted by atomic mass is 19.1. The van der Waals surface area contributed by atoms with E-state index in [4.69, 9.17) is 9.47 Å². The lowest BCUT2D eigenvalue weighted by Gasteiger charge is -2.29. The number of ether oxygens (including phenoxy) is 2. The van der Waals surface area contributed by atoms with Crippen molar-refractivity contribution in [3.05, 3.63) is 59.0 Å². The number of carbonyl (C=O) groups is 3. The molecule has 5 aliphatic rings. The molecule has 0 unspecified atom stereocenters. The molecule has 4 saturated heterocycles. The zero-order valence-corrected chi connectivity index (χ0v) is 24.2. The third-order valence-corrected chi connectivity index (χ3v) is 9.60. The van der Waals surface area contributed by atoms with Crippen molar-refractivity contribution in [2.75, 3.05) is 37.7 Å². The van der Waals surface area contributed by atoms with Crippen LogP contribution in [0.1, 0.15) is 47.2 Å². The number of likely N-dealkylation sites (tertiary alicyclic amines) is 1. The van der Waals surface area contributed by atoms with Crippen molar-refractivity contribution < 1.29 is 28.2 Å². The molecule has 5 aliphatic heterocycles. The largest absolute Gasteiger partial charge is 0.489 e.